The normalized spacial score (nSPS) is 11.9. The largest absolute Gasteiger partial charge is 0.573 e. The maximum Gasteiger partial charge on any atom is 0.573 e. The van der Waals surface area contributed by atoms with Crippen LogP contribution in [0.25, 0.3) is 5.57 Å². The van der Waals surface area contributed by atoms with Gasteiger partial charge in [0.05, 0.1) is 19.3 Å². The van der Waals surface area contributed by atoms with Gasteiger partial charge in [0.25, 0.3) is 0 Å². The molecule has 0 unspecified atom stereocenters. The van der Waals surface area contributed by atoms with Gasteiger partial charge in [-0.1, -0.05) is 12.1 Å². The molecule has 0 aliphatic heterocycles. The van der Waals surface area contributed by atoms with E-state index in [4.69, 9.17) is 14.2 Å². The topological polar surface area (TPSA) is 66.0 Å². The monoisotopic (exact) mass is 505 g/mol. The van der Waals surface area contributed by atoms with Crippen LogP contribution in [0.3, 0.4) is 0 Å². The Kier molecular flexibility index (Phi) is 8.42. The zero-order valence-electron chi connectivity index (χ0n) is 19.6. The molecule has 0 saturated heterocycles. The van der Waals surface area contributed by atoms with Crippen molar-refractivity contribution in [3.63, 3.8) is 0 Å². The number of nitrogens with one attached hydrogen (secondary N) is 1. The van der Waals surface area contributed by atoms with Crippen molar-refractivity contribution < 1.29 is 41.3 Å². The zero-order chi connectivity index (χ0) is 26.3. The van der Waals surface area contributed by atoms with Crippen LogP contribution in [0.2, 0.25) is 0 Å². The van der Waals surface area contributed by atoms with Gasteiger partial charge >= 0.3 is 12.3 Å². The zero-order valence-corrected chi connectivity index (χ0v) is 19.6. The smallest absolute Gasteiger partial charge is 0.494 e. The summed E-state index contributed by atoms with van der Waals surface area (Å²) in [5.74, 6) is -0.720. The maximum absolute atomic E-state index is 13.7. The number of ether oxygens (including phenoxy) is 4. The van der Waals surface area contributed by atoms with Crippen molar-refractivity contribution in [2.24, 2.45) is 0 Å². The fourth-order valence-corrected chi connectivity index (χ4v) is 3.24. The lowest BCUT2D eigenvalue weighted by Gasteiger charge is -2.15. The van der Waals surface area contributed by atoms with Gasteiger partial charge < -0.3 is 24.3 Å². The van der Waals surface area contributed by atoms with Crippen LogP contribution in [0.15, 0.2) is 72.4 Å². The molecule has 36 heavy (non-hydrogen) atoms. The van der Waals surface area contributed by atoms with Gasteiger partial charge in [-0.15, -0.1) is 13.2 Å². The van der Waals surface area contributed by atoms with Crippen LogP contribution in [0.5, 0.6) is 23.0 Å². The average Bonchev–Trinajstić information content (AvgIpc) is 2.82. The van der Waals surface area contributed by atoms with Crippen molar-refractivity contribution >= 4 is 17.2 Å². The van der Waals surface area contributed by atoms with Crippen molar-refractivity contribution in [3.8, 4) is 23.0 Å². The molecule has 0 heterocycles. The molecule has 10 heteroatoms. The van der Waals surface area contributed by atoms with E-state index in [2.05, 4.69) is 10.1 Å². The molecule has 190 valence electrons. The summed E-state index contributed by atoms with van der Waals surface area (Å²) in [6, 6.07) is 15.6. The molecule has 1 N–H and O–H groups in total. The van der Waals surface area contributed by atoms with Gasteiger partial charge in [0.1, 0.15) is 17.2 Å². The average molecular weight is 505 g/mol. The minimum absolute atomic E-state index is 0.0463. The standard InChI is InChI=1S/C26H23F4NO5/c1-4-34-25(32)24(16(2)31-18-7-14-22(27)23(15-18)33-3)17-5-8-19(9-6-17)35-20-10-12-21(13-11-20)36-26(28,29)30/h5-15,31H,4H2,1-3H3/b24-16-. The predicted octanol–water partition coefficient (Wildman–Crippen LogP) is 6.93. The number of rotatable bonds is 9. The van der Waals surface area contributed by atoms with Gasteiger partial charge in [-0.25, -0.2) is 9.18 Å². The second-order valence-corrected chi connectivity index (χ2v) is 7.34. The van der Waals surface area contributed by atoms with Crippen LogP contribution in [0.1, 0.15) is 19.4 Å². The summed E-state index contributed by atoms with van der Waals surface area (Å²) in [4.78, 5) is 12.7. The summed E-state index contributed by atoms with van der Waals surface area (Å²) in [5.41, 5.74) is 1.73. The molecule has 3 rings (SSSR count). The van der Waals surface area contributed by atoms with Crippen molar-refractivity contribution in [1.82, 2.24) is 0 Å². The third kappa shape index (κ3) is 7.14. The molecular formula is C26H23F4NO5. The number of anilines is 1. The number of hydrogen-bond acceptors (Lipinski definition) is 6. The molecule has 0 aromatic heterocycles. The summed E-state index contributed by atoms with van der Waals surface area (Å²) in [6.07, 6.45) is -4.78. The molecule has 3 aromatic carbocycles. The van der Waals surface area contributed by atoms with E-state index in [1.165, 1.54) is 37.4 Å². The van der Waals surface area contributed by atoms with E-state index >= 15 is 0 Å². The highest BCUT2D eigenvalue weighted by molar-refractivity contribution is 6.17. The molecule has 0 saturated carbocycles. The number of carbonyl (C=O) groups excluding carboxylic acids is 1. The first-order valence-electron chi connectivity index (χ1n) is 10.7. The molecule has 0 radical (unpaired) electrons. The van der Waals surface area contributed by atoms with E-state index in [0.717, 1.165) is 12.1 Å². The molecular weight excluding hydrogens is 482 g/mol. The molecule has 6 nitrogen and oxygen atoms in total. The van der Waals surface area contributed by atoms with Crippen molar-refractivity contribution in [2.75, 3.05) is 19.0 Å². The third-order valence-electron chi connectivity index (χ3n) is 4.77. The van der Waals surface area contributed by atoms with E-state index in [1.54, 1.807) is 38.1 Å². The van der Waals surface area contributed by atoms with Crippen LogP contribution >= 0.6 is 0 Å². The lowest BCUT2D eigenvalue weighted by molar-refractivity contribution is -0.274. The fraction of sp³-hybridized carbons (Fsp3) is 0.192. The Hall–Kier alpha value is -4.21. The molecule has 0 aliphatic rings. The number of methoxy groups -OCH3 is 1. The number of hydrogen-bond donors (Lipinski definition) is 1. The predicted molar refractivity (Wildman–Crippen MR) is 125 cm³/mol. The summed E-state index contributed by atoms with van der Waals surface area (Å²) in [5, 5.41) is 3.07. The van der Waals surface area contributed by atoms with Crippen molar-refractivity contribution in [3.05, 3.63) is 83.8 Å². The highest BCUT2D eigenvalue weighted by Gasteiger charge is 2.31. The van der Waals surface area contributed by atoms with Crippen LogP contribution in [0.4, 0.5) is 23.2 Å². The second-order valence-electron chi connectivity index (χ2n) is 7.34. The number of benzene rings is 3. The van der Waals surface area contributed by atoms with Crippen LogP contribution < -0.4 is 19.5 Å². The van der Waals surface area contributed by atoms with Crippen LogP contribution in [-0.2, 0) is 9.53 Å². The van der Waals surface area contributed by atoms with Gasteiger partial charge in [-0.2, -0.15) is 0 Å². The Morgan fingerprint density at radius 2 is 1.50 bits per heavy atom. The molecule has 0 atom stereocenters. The molecule has 0 bridgehead atoms. The minimum atomic E-state index is -4.78. The Morgan fingerprint density at radius 3 is 2.06 bits per heavy atom. The number of allylic oxidation sites excluding steroid dienone is 1. The lowest BCUT2D eigenvalue weighted by atomic mass is 10.0. The Balaban J connectivity index is 1.82. The van der Waals surface area contributed by atoms with E-state index in [0.29, 0.717) is 28.4 Å². The van der Waals surface area contributed by atoms with Crippen LogP contribution in [0, 0.1) is 5.82 Å². The Morgan fingerprint density at radius 1 is 0.917 bits per heavy atom. The van der Waals surface area contributed by atoms with Crippen LogP contribution in [-0.4, -0.2) is 26.0 Å². The van der Waals surface area contributed by atoms with Gasteiger partial charge in [0, 0.05) is 17.5 Å². The summed E-state index contributed by atoms with van der Waals surface area (Å²) < 4.78 is 70.4. The molecule has 0 fully saturated rings. The van der Waals surface area contributed by atoms with E-state index in [1.807, 2.05) is 0 Å². The minimum Gasteiger partial charge on any atom is -0.494 e. The first-order chi connectivity index (χ1) is 17.1. The van der Waals surface area contributed by atoms with E-state index < -0.39 is 18.1 Å². The fourth-order valence-electron chi connectivity index (χ4n) is 3.24. The molecule has 3 aromatic rings. The molecule has 0 amide bonds. The SMILES string of the molecule is CCOC(=O)/C(=C(/C)Nc1ccc(F)c(OC)c1)c1ccc(Oc2ccc(OC(F)(F)F)cc2)cc1. The summed E-state index contributed by atoms with van der Waals surface area (Å²) in [7, 11) is 1.35. The van der Waals surface area contributed by atoms with Gasteiger partial charge in [0.15, 0.2) is 11.6 Å². The highest BCUT2D eigenvalue weighted by atomic mass is 19.4. The number of carbonyl (C=O) groups is 1. The molecule has 0 spiro atoms. The summed E-state index contributed by atoms with van der Waals surface area (Å²) >= 11 is 0. The second kappa shape index (κ2) is 11.5. The number of alkyl halides is 3. The van der Waals surface area contributed by atoms with Gasteiger partial charge in [0.2, 0.25) is 0 Å². The van der Waals surface area contributed by atoms with E-state index in [9.17, 15) is 22.4 Å². The first kappa shape index (κ1) is 26.4. The highest BCUT2D eigenvalue weighted by Crippen LogP contribution is 2.30. The number of esters is 1. The number of halogens is 4. The van der Waals surface area contributed by atoms with Crippen molar-refractivity contribution in [2.45, 2.75) is 20.2 Å². The van der Waals surface area contributed by atoms with Gasteiger partial charge in [-0.05, 0) is 67.9 Å². The molecule has 0 aliphatic carbocycles. The lowest BCUT2D eigenvalue weighted by Crippen LogP contribution is -2.16. The van der Waals surface area contributed by atoms with Gasteiger partial charge in [-0.3, -0.25) is 0 Å². The quantitative estimate of drug-likeness (QED) is 0.193. The first-order valence-corrected chi connectivity index (χ1v) is 10.7. The maximum atomic E-state index is 13.7. The Labute approximate surface area is 205 Å². The van der Waals surface area contributed by atoms with E-state index in [-0.39, 0.29) is 23.7 Å². The summed E-state index contributed by atoms with van der Waals surface area (Å²) in [6.45, 7) is 3.53. The Bertz CT molecular complexity index is 1220. The third-order valence-corrected chi connectivity index (χ3v) is 4.77. The van der Waals surface area contributed by atoms with Crippen molar-refractivity contribution in [1.29, 1.82) is 0 Å².